The first kappa shape index (κ1) is 10.8. The van der Waals surface area contributed by atoms with Crippen LogP contribution in [0.25, 0.3) is 0 Å². The van der Waals surface area contributed by atoms with Gasteiger partial charge in [0.1, 0.15) is 5.75 Å². The van der Waals surface area contributed by atoms with Crippen molar-refractivity contribution in [2.24, 2.45) is 0 Å². The van der Waals surface area contributed by atoms with Gasteiger partial charge in [0.05, 0.1) is 5.69 Å². The van der Waals surface area contributed by atoms with Gasteiger partial charge in [-0.3, -0.25) is 0 Å². The van der Waals surface area contributed by atoms with Crippen LogP contribution in [0.5, 0.6) is 5.75 Å². The van der Waals surface area contributed by atoms with E-state index < -0.39 is 0 Å². The third-order valence-electron chi connectivity index (χ3n) is 2.72. The lowest BCUT2D eigenvalue weighted by molar-refractivity contribution is 0.470. The molecule has 1 aromatic carbocycles. The van der Waals surface area contributed by atoms with E-state index in [2.05, 4.69) is 26.1 Å². The lowest BCUT2D eigenvalue weighted by Gasteiger charge is -2.31. The van der Waals surface area contributed by atoms with Crippen molar-refractivity contribution < 1.29 is 5.11 Å². The SMILES string of the molecule is Cc1ccc(O)c(N2CCNCC2)c1Br. The molecule has 1 aromatic rings. The van der Waals surface area contributed by atoms with Gasteiger partial charge < -0.3 is 15.3 Å². The number of nitrogens with zero attached hydrogens (tertiary/aromatic N) is 1. The van der Waals surface area contributed by atoms with Crippen molar-refractivity contribution in [3.63, 3.8) is 0 Å². The second kappa shape index (κ2) is 4.41. The Hall–Kier alpha value is -0.740. The molecule has 1 aliphatic rings. The molecule has 0 aliphatic carbocycles. The van der Waals surface area contributed by atoms with Crippen molar-refractivity contribution in [3.05, 3.63) is 22.2 Å². The van der Waals surface area contributed by atoms with Crippen LogP contribution in [0.1, 0.15) is 5.56 Å². The van der Waals surface area contributed by atoms with Crippen LogP contribution in [-0.2, 0) is 0 Å². The molecule has 82 valence electrons. The number of nitrogens with one attached hydrogen (secondary N) is 1. The van der Waals surface area contributed by atoms with E-state index in [9.17, 15) is 5.11 Å². The Kier molecular flexibility index (Phi) is 3.17. The monoisotopic (exact) mass is 270 g/mol. The predicted octanol–water partition coefficient (Wildman–Crippen LogP) is 1.87. The van der Waals surface area contributed by atoms with Gasteiger partial charge in [-0.2, -0.15) is 0 Å². The molecule has 0 aromatic heterocycles. The average molecular weight is 271 g/mol. The highest BCUT2D eigenvalue weighted by Crippen LogP contribution is 2.37. The number of aromatic hydroxyl groups is 1. The second-order valence-electron chi connectivity index (χ2n) is 3.80. The van der Waals surface area contributed by atoms with Gasteiger partial charge in [0.2, 0.25) is 0 Å². The van der Waals surface area contributed by atoms with Crippen molar-refractivity contribution in [3.8, 4) is 5.75 Å². The van der Waals surface area contributed by atoms with E-state index in [1.54, 1.807) is 6.07 Å². The zero-order valence-electron chi connectivity index (χ0n) is 8.76. The van der Waals surface area contributed by atoms with Crippen molar-refractivity contribution in [2.45, 2.75) is 6.92 Å². The standard InChI is InChI=1S/C11H15BrN2O/c1-8-2-3-9(15)11(10(8)12)14-6-4-13-5-7-14/h2-3,13,15H,4-7H2,1H3. The van der Waals surface area contributed by atoms with Crippen LogP contribution in [0.3, 0.4) is 0 Å². The number of hydrogen-bond donors (Lipinski definition) is 2. The normalized spacial score (nSPS) is 16.8. The molecule has 3 nitrogen and oxygen atoms in total. The highest BCUT2D eigenvalue weighted by Gasteiger charge is 2.17. The van der Waals surface area contributed by atoms with E-state index in [0.29, 0.717) is 5.75 Å². The molecule has 1 fully saturated rings. The van der Waals surface area contributed by atoms with Gasteiger partial charge in [-0.05, 0) is 34.5 Å². The van der Waals surface area contributed by atoms with Crippen LogP contribution in [0, 0.1) is 6.92 Å². The Labute approximate surface area is 98.2 Å². The maximum atomic E-state index is 9.88. The van der Waals surface area contributed by atoms with E-state index in [1.807, 2.05) is 13.0 Å². The van der Waals surface area contributed by atoms with Crippen LogP contribution in [0.2, 0.25) is 0 Å². The molecule has 0 spiro atoms. The summed E-state index contributed by atoms with van der Waals surface area (Å²) in [5.74, 6) is 0.356. The Bertz CT molecular complexity index is 362. The molecule has 0 bridgehead atoms. The van der Waals surface area contributed by atoms with E-state index in [-0.39, 0.29) is 0 Å². The minimum Gasteiger partial charge on any atom is -0.506 e. The number of halogens is 1. The topological polar surface area (TPSA) is 35.5 Å². The number of benzene rings is 1. The van der Waals surface area contributed by atoms with Gasteiger partial charge in [-0.25, -0.2) is 0 Å². The van der Waals surface area contributed by atoms with Crippen molar-refractivity contribution in [1.29, 1.82) is 0 Å². The summed E-state index contributed by atoms with van der Waals surface area (Å²) in [7, 11) is 0. The van der Waals surface area contributed by atoms with Crippen LogP contribution in [0.4, 0.5) is 5.69 Å². The predicted molar refractivity (Wildman–Crippen MR) is 65.6 cm³/mol. The van der Waals surface area contributed by atoms with Gasteiger partial charge in [-0.1, -0.05) is 6.07 Å². The van der Waals surface area contributed by atoms with Crippen LogP contribution in [-0.4, -0.2) is 31.3 Å². The summed E-state index contributed by atoms with van der Waals surface area (Å²) in [4.78, 5) is 2.21. The summed E-state index contributed by atoms with van der Waals surface area (Å²) in [6.07, 6.45) is 0. The Morgan fingerprint density at radius 1 is 1.33 bits per heavy atom. The fraction of sp³-hybridized carbons (Fsp3) is 0.455. The van der Waals surface area contributed by atoms with Crippen molar-refractivity contribution in [2.75, 3.05) is 31.1 Å². The summed E-state index contributed by atoms with van der Waals surface area (Å²) < 4.78 is 1.00. The minimum absolute atomic E-state index is 0.356. The van der Waals surface area contributed by atoms with Gasteiger partial charge in [0.15, 0.2) is 0 Å². The number of piperazine rings is 1. The molecule has 0 unspecified atom stereocenters. The first-order valence-electron chi connectivity index (χ1n) is 5.14. The molecule has 1 aliphatic heterocycles. The molecular weight excluding hydrogens is 256 g/mol. The average Bonchev–Trinajstić information content (AvgIpc) is 2.26. The number of anilines is 1. The molecule has 0 radical (unpaired) electrons. The fourth-order valence-corrected chi connectivity index (χ4v) is 2.43. The third kappa shape index (κ3) is 2.11. The van der Waals surface area contributed by atoms with Gasteiger partial charge in [0.25, 0.3) is 0 Å². The fourth-order valence-electron chi connectivity index (χ4n) is 1.84. The smallest absolute Gasteiger partial charge is 0.140 e. The summed E-state index contributed by atoms with van der Waals surface area (Å²) in [5, 5.41) is 13.2. The molecule has 1 heterocycles. The quantitative estimate of drug-likeness (QED) is 0.818. The molecule has 0 atom stereocenters. The third-order valence-corrected chi connectivity index (χ3v) is 3.72. The molecule has 2 rings (SSSR count). The van der Waals surface area contributed by atoms with Crippen molar-refractivity contribution >= 4 is 21.6 Å². The van der Waals surface area contributed by atoms with Crippen LogP contribution >= 0.6 is 15.9 Å². The van der Waals surface area contributed by atoms with Crippen molar-refractivity contribution in [1.82, 2.24) is 5.32 Å². The zero-order chi connectivity index (χ0) is 10.8. The maximum absolute atomic E-state index is 9.88. The van der Waals surface area contributed by atoms with Crippen LogP contribution < -0.4 is 10.2 Å². The van der Waals surface area contributed by atoms with Crippen LogP contribution in [0.15, 0.2) is 16.6 Å². The Balaban J connectivity index is 2.36. The largest absolute Gasteiger partial charge is 0.506 e. The van der Waals surface area contributed by atoms with E-state index in [4.69, 9.17) is 0 Å². The lowest BCUT2D eigenvalue weighted by Crippen LogP contribution is -2.43. The molecule has 2 N–H and O–H groups in total. The number of phenols is 1. The summed E-state index contributed by atoms with van der Waals surface area (Å²) >= 11 is 3.54. The first-order chi connectivity index (χ1) is 7.20. The zero-order valence-corrected chi connectivity index (χ0v) is 10.3. The molecule has 0 saturated carbocycles. The molecule has 0 amide bonds. The number of rotatable bonds is 1. The number of phenolic OH excluding ortho intramolecular Hbond substituents is 1. The first-order valence-corrected chi connectivity index (χ1v) is 5.93. The number of hydrogen-bond acceptors (Lipinski definition) is 3. The van der Waals surface area contributed by atoms with E-state index >= 15 is 0 Å². The van der Waals surface area contributed by atoms with Gasteiger partial charge in [-0.15, -0.1) is 0 Å². The van der Waals surface area contributed by atoms with E-state index in [1.165, 1.54) is 0 Å². The molecular formula is C11H15BrN2O. The summed E-state index contributed by atoms with van der Waals surface area (Å²) in [6, 6.07) is 3.68. The Morgan fingerprint density at radius 3 is 2.67 bits per heavy atom. The summed E-state index contributed by atoms with van der Waals surface area (Å²) in [6.45, 7) is 5.86. The Morgan fingerprint density at radius 2 is 2.00 bits per heavy atom. The molecule has 4 heteroatoms. The molecule has 1 saturated heterocycles. The van der Waals surface area contributed by atoms with Gasteiger partial charge >= 0.3 is 0 Å². The maximum Gasteiger partial charge on any atom is 0.140 e. The highest BCUT2D eigenvalue weighted by atomic mass is 79.9. The molecule has 15 heavy (non-hydrogen) atoms. The second-order valence-corrected chi connectivity index (χ2v) is 4.59. The summed E-state index contributed by atoms with van der Waals surface area (Å²) in [5.41, 5.74) is 2.08. The lowest BCUT2D eigenvalue weighted by atomic mass is 10.1. The number of aryl methyl sites for hydroxylation is 1. The minimum atomic E-state index is 0.356. The highest BCUT2D eigenvalue weighted by molar-refractivity contribution is 9.10. The van der Waals surface area contributed by atoms with Gasteiger partial charge in [0, 0.05) is 30.7 Å². The van der Waals surface area contributed by atoms with E-state index in [0.717, 1.165) is 41.9 Å².